The van der Waals surface area contributed by atoms with Gasteiger partial charge in [-0.05, 0) is 25.1 Å². The number of aromatic nitrogens is 2. The van der Waals surface area contributed by atoms with Crippen LogP contribution in [0.3, 0.4) is 0 Å². The number of nitrogens with zero attached hydrogens (tertiary/aromatic N) is 4. The third-order valence-electron chi connectivity index (χ3n) is 4.60. The molecule has 0 saturated carbocycles. The standard InChI is InChI=1S/C22H17N5O4/c1-15-20(21(25-31-15)16-7-3-2-4-8-16)22(28)24-23-14-19-11-6-12-26(19)17-9-5-10-18(13-17)27(29)30/h2-14H,1H3,(H,24,28)/b23-14-. The zero-order valence-corrected chi connectivity index (χ0v) is 16.4. The summed E-state index contributed by atoms with van der Waals surface area (Å²) in [5.41, 5.74) is 5.21. The Morgan fingerprint density at radius 3 is 2.74 bits per heavy atom. The molecule has 0 unspecified atom stereocenters. The van der Waals surface area contributed by atoms with Crippen LogP contribution in [-0.4, -0.2) is 26.8 Å². The number of hydrogen-bond donors (Lipinski definition) is 1. The van der Waals surface area contributed by atoms with Crippen molar-refractivity contribution in [3.63, 3.8) is 0 Å². The lowest BCUT2D eigenvalue weighted by molar-refractivity contribution is -0.384. The quantitative estimate of drug-likeness (QED) is 0.289. The first-order valence-electron chi connectivity index (χ1n) is 9.32. The summed E-state index contributed by atoms with van der Waals surface area (Å²) >= 11 is 0. The maximum absolute atomic E-state index is 12.7. The van der Waals surface area contributed by atoms with Crippen LogP contribution in [0.15, 0.2) is 82.6 Å². The Hall–Kier alpha value is -4.53. The van der Waals surface area contributed by atoms with E-state index in [2.05, 4.69) is 15.7 Å². The molecular weight excluding hydrogens is 398 g/mol. The monoisotopic (exact) mass is 415 g/mol. The Balaban J connectivity index is 1.55. The molecule has 4 aromatic rings. The van der Waals surface area contributed by atoms with Crippen LogP contribution in [-0.2, 0) is 0 Å². The van der Waals surface area contributed by atoms with Crippen molar-refractivity contribution >= 4 is 17.8 Å². The lowest BCUT2D eigenvalue weighted by atomic mass is 10.1. The molecule has 1 N–H and O–H groups in total. The van der Waals surface area contributed by atoms with Crippen molar-refractivity contribution in [3.8, 4) is 16.9 Å². The van der Waals surface area contributed by atoms with E-state index in [1.54, 1.807) is 42.0 Å². The molecular formula is C22H17N5O4. The molecule has 2 aromatic carbocycles. The summed E-state index contributed by atoms with van der Waals surface area (Å²) in [6, 6.07) is 19.0. The first-order chi connectivity index (χ1) is 15.0. The summed E-state index contributed by atoms with van der Waals surface area (Å²) in [6.45, 7) is 1.66. The van der Waals surface area contributed by atoms with Crippen molar-refractivity contribution < 1.29 is 14.2 Å². The van der Waals surface area contributed by atoms with E-state index in [4.69, 9.17) is 4.52 Å². The number of amides is 1. The summed E-state index contributed by atoms with van der Waals surface area (Å²) < 4.78 is 6.93. The van der Waals surface area contributed by atoms with Gasteiger partial charge in [-0.3, -0.25) is 14.9 Å². The molecule has 2 heterocycles. The number of hydrazone groups is 1. The SMILES string of the molecule is Cc1onc(-c2ccccc2)c1C(=O)N/N=C\c1cccn1-c1cccc([N+](=O)[O-])c1. The molecule has 9 nitrogen and oxygen atoms in total. The molecule has 0 radical (unpaired) electrons. The van der Waals surface area contributed by atoms with E-state index in [1.807, 2.05) is 30.3 Å². The van der Waals surface area contributed by atoms with E-state index in [-0.39, 0.29) is 5.69 Å². The fraction of sp³-hybridized carbons (Fsp3) is 0.0455. The maximum atomic E-state index is 12.7. The molecule has 154 valence electrons. The van der Waals surface area contributed by atoms with Gasteiger partial charge >= 0.3 is 0 Å². The third-order valence-corrected chi connectivity index (χ3v) is 4.60. The predicted molar refractivity (Wildman–Crippen MR) is 114 cm³/mol. The van der Waals surface area contributed by atoms with Gasteiger partial charge < -0.3 is 9.09 Å². The number of nitrogens with one attached hydrogen (secondary N) is 1. The number of aryl methyl sites for hydroxylation is 1. The fourth-order valence-corrected chi connectivity index (χ4v) is 3.14. The number of nitro groups is 1. The Kier molecular flexibility index (Phi) is 5.39. The van der Waals surface area contributed by atoms with E-state index in [1.165, 1.54) is 18.3 Å². The van der Waals surface area contributed by atoms with Crippen molar-refractivity contribution in [2.75, 3.05) is 0 Å². The number of benzene rings is 2. The van der Waals surface area contributed by atoms with Crippen molar-refractivity contribution in [2.24, 2.45) is 5.10 Å². The zero-order chi connectivity index (χ0) is 21.8. The minimum absolute atomic E-state index is 0.0150. The highest BCUT2D eigenvalue weighted by atomic mass is 16.6. The van der Waals surface area contributed by atoms with Gasteiger partial charge in [0, 0.05) is 23.9 Å². The van der Waals surface area contributed by atoms with Gasteiger partial charge in [0.15, 0.2) is 0 Å². The largest absolute Gasteiger partial charge is 0.360 e. The summed E-state index contributed by atoms with van der Waals surface area (Å²) in [5.74, 6) is -0.0752. The van der Waals surface area contributed by atoms with Gasteiger partial charge in [-0.25, -0.2) is 5.43 Å². The zero-order valence-electron chi connectivity index (χ0n) is 16.4. The second-order valence-corrected chi connectivity index (χ2v) is 6.61. The minimum atomic E-state index is -0.456. The van der Waals surface area contributed by atoms with E-state index >= 15 is 0 Å². The molecule has 0 atom stereocenters. The molecule has 9 heteroatoms. The maximum Gasteiger partial charge on any atom is 0.277 e. The first kappa shape index (κ1) is 19.8. The molecule has 0 aliphatic heterocycles. The van der Waals surface area contributed by atoms with Gasteiger partial charge in [0.05, 0.1) is 22.5 Å². The molecule has 0 bridgehead atoms. The lowest BCUT2D eigenvalue weighted by Crippen LogP contribution is -2.19. The number of carbonyl (C=O) groups is 1. The highest BCUT2D eigenvalue weighted by molar-refractivity contribution is 6.01. The second-order valence-electron chi connectivity index (χ2n) is 6.61. The number of rotatable bonds is 6. The van der Waals surface area contributed by atoms with Crippen LogP contribution in [0.4, 0.5) is 5.69 Å². The summed E-state index contributed by atoms with van der Waals surface area (Å²) in [4.78, 5) is 23.3. The number of nitro benzene ring substituents is 1. The first-order valence-corrected chi connectivity index (χ1v) is 9.32. The van der Waals surface area contributed by atoms with Crippen molar-refractivity contribution in [1.29, 1.82) is 0 Å². The van der Waals surface area contributed by atoms with Crippen molar-refractivity contribution in [2.45, 2.75) is 6.92 Å². The van der Waals surface area contributed by atoms with E-state index < -0.39 is 10.8 Å². The van der Waals surface area contributed by atoms with E-state index in [9.17, 15) is 14.9 Å². The highest BCUT2D eigenvalue weighted by Crippen LogP contribution is 2.25. The second kappa shape index (κ2) is 8.46. The predicted octanol–water partition coefficient (Wildman–Crippen LogP) is 4.11. The molecule has 1 amide bonds. The average Bonchev–Trinajstić information content (AvgIpc) is 3.41. The van der Waals surface area contributed by atoms with Crippen molar-refractivity contribution in [1.82, 2.24) is 15.1 Å². The molecule has 2 aromatic heterocycles. The summed E-state index contributed by atoms with van der Waals surface area (Å²) in [5, 5.41) is 19.1. The van der Waals surface area contributed by atoms with Gasteiger partial charge in [0.25, 0.3) is 11.6 Å². The van der Waals surface area contributed by atoms with Crippen LogP contribution in [0, 0.1) is 17.0 Å². The molecule has 0 aliphatic rings. The lowest BCUT2D eigenvalue weighted by Gasteiger charge is -2.06. The van der Waals surface area contributed by atoms with Crippen LogP contribution in [0.25, 0.3) is 16.9 Å². The van der Waals surface area contributed by atoms with Crippen LogP contribution in [0.5, 0.6) is 0 Å². The van der Waals surface area contributed by atoms with Gasteiger partial charge in [-0.2, -0.15) is 5.10 Å². The van der Waals surface area contributed by atoms with Gasteiger partial charge in [-0.1, -0.05) is 41.6 Å². The van der Waals surface area contributed by atoms with Crippen LogP contribution >= 0.6 is 0 Å². The minimum Gasteiger partial charge on any atom is -0.360 e. The Morgan fingerprint density at radius 2 is 1.97 bits per heavy atom. The third kappa shape index (κ3) is 4.10. The Morgan fingerprint density at radius 1 is 1.16 bits per heavy atom. The average molecular weight is 415 g/mol. The fourth-order valence-electron chi connectivity index (χ4n) is 3.14. The molecule has 31 heavy (non-hydrogen) atoms. The van der Waals surface area contributed by atoms with E-state index in [0.29, 0.717) is 28.4 Å². The van der Waals surface area contributed by atoms with Crippen LogP contribution in [0.1, 0.15) is 21.8 Å². The van der Waals surface area contributed by atoms with Gasteiger partial charge in [-0.15, -0.1) is 0 Å². The Bertz CT molecular complexity index is 1270. The van der Waals surface area contributed by atoms with Gasteiger partial charge in [0.1, 0.15) is 17.0 Å². The number of non-ortho nitro benzene ring substituents is 1. The topological polar surface area (TPSA) is 116 Å². The molecule has 4 rings (SSSR count). The number of carbonyl (C=O) groups excluding carboxylic acids is 1. The highest BCUT2D eigenvalue weighted by Gasteiger charge is 2.21. The summed E-state index contributed by atoms with van der Waals surface area (Å²) in [6.07, 6.45) is 3.21. The molecule has 0 spiro atoms. The normalized spacial score (nSPS) is 11.0. The molecule has 0 fully saturated rings. The van der Waals surface area contributed by atoms with Crippen molar-refractivity contribution in [3.05, 3.63) is 100 Å². The summed E-state index contributed by atoms with van der Waals surface area (Å²) in [7, 11) is 0. The van der Waals surface area contributed by atoms with E-state index in [0.717, 1.165) is 5.56 Å². The van der Waals surface area contributed by atoms with Crippen LogP contribution in [0.2, 0.25) is 0 Å². The number of hydrogen-bond acceptors (Lipinski definition) is 6. The van der Waals surface area contributed by atoms with Gasteiger partial charge in [0.2, 0.25) is 0 Å². The van der Waals surface area contributed by atoms with Crippen LogP contribution < -0.4 is 5.43 Å². The molecule has 0 aliphatic carbocycles. The Labute approximate surface area is 176 Å². The smallest absolute Gasteiger partial charge is 0.277 e. The molecule has 0 saturated heterocycles.